The van der Waals surface area contributed by atoms with Crippen LogP contribution >= 0.6 is 0 Å². The predicted molar refractivity (Wildman–Crippen MR) is 87.4 cm³/mol. The fourth-order valence-corrected chi connectivity index (χ4v) is 2.26. The van der Waals surface area contributed by atoms with E-state index < -0.39 is 17.4 Å². The van der Waals surface area contributed by atoms with E-state index in [-0.39, 0.29) is 18.9 Å². The van der Waals surface area contributed by atoms with Crippen molar-refractivity contribution in [3.8, 4) is 0 Å². The summed E-state index contributed by atoms with van der Waals surface area (Å²) in [6, 6.07) is 11.7. The monoisotopic (exact) mass is 334 g/mol. The lowest BCUT2D eigenvalue weighted by Crippen LogP contribution is -2.44. The Hall–Kier alpha value is -2.47. The number of nitrogens with one attached hydrogen (secondary N) is 2. The number of ether oxygens (including phenoxy) is 1. The van der Waals surface area contributed by atoms with Crippen LogP contribution in [0.1, 0.15) is 18.1 Å². The van der Waals surface area contributed by atoms with Crippen molar-refractivity contribution in [3.63, 3.8) is 0 Å². The fraction of sp³-hybridized carbons (Fsp3) is 0.278. The van der Waals surface area contributed by atoms with Crippen LogP contribution in [0.3, 0.4) is 0 Å². The van der Waals surface area contributed by atoms with Crippen LogP contribution in [0, 0.1) is 11.6 Å². The van der Waals surface area contributed by atoms with Gasteiger partial charge in [0.1, 0.15) is 17.2 Å². The molecule has 0 aromatic heterocycles. The summed E-state index contributed by atoms with van der Waals surface area (Å²) in [5.41, 5.74) is 0.153. The topological polar surface area (TPSA) is 50.4 Å². The molecule has 0 aliphatic heterocycles. The summed E-state index contributed by atoms with van der Waals surface area (Å²) < 4.78 is 32.2. The number of rotatable bonds is 6. The van der Waals surface area contributed by atoms with E-state index in [1.165, 1.54) is 25.3 Å². The number of methoxy groups -OCH3 is 1. The fourth-order valence-electron chi connectivity index (χ4n) is 2.26. The number of carbonyl (C=O) groups excluding carboxylic acids is 1. The molecule has 6 heteroatoms. The summed E-state index contributed by atoms with van der Waals surface area (Å²) in [7, 11) is 1.46. The van der Waals surface area contributed by atoms with Gasteiger partial charge in [-0.15, -0.1) is 0 Å². The Morgan fingerprint density at radius 3 is 2.38 bits per heavy atom. The Kier molecular flexibility index (Phi) is 5.87. The van der Waals surface area contributed by atoms with Gasteiger partial charge in [0.05, 0.1) is 6.54 Å². The Balaban J connectivity index is 1.91. The highest BCUT2D eigenvalue weighted by molar-refractivity contribution is 5.73. The van der Waals surface area contributed by atoms with E-state index in [2.05, 4.69) is 10.6 Å². The second-order valence-corrected chi connectivity index (χ2v) is 5.58. The molecule has 0 unspecified atom stereocenters. The first-order valence-electron chi connectivity index (χ1n) is 7.51. The summed E-state index contributed by atoms with van der Waals surface area (Å²) in [5, 5.41) is 5.33. The minimum atomic E-state index is -0.988. The van der Waals surface area contributed by atoms with E-state index in [4.69, 9.17) is 4.74 Å². The van der Waals surface area contributed by atoms with Gasteiger partial charge in [-0.05, 0) is 30.7 Å². The van der Waals surface area contributed by atoms with Gasteiger partial charge in [0.25, 0.3) is 0 Å². The molecule has 128 valence electrons. The van der Waals surface area contributed by atoms with Crippen molar-refractivity contribution in [2.24, 2.45) is 0 Å². The van der Waals surface area contributed by atoms with E-state index in [1.807, 2.05) is 0 Å². The van der Waals surface area contributed by atoms with Crippen molar-refractivity contribution in [2.45, 2.75) is 19.1 Å². The summed E-state index contributed by atoms with van der Waals surface area (Å²) in [6.07, 6.45) is 0. The second kappa shape index (κ2) is 7.88. The van der Waals surface area contributed by atoms with Crippen molar-refractivity contribution in [2.75, 3.05) is 13.7 Å². The van der Waals surface area contributed by atoms with Crippen LogP contribution in [0.2, 0.25) is 0 Å². The lowest BCUT2D eigenvalue weighted by molar-refractivity contribution is 0.00203. The highest BCUT2D eigenvalue weighted by Gasteiger charge is 2.29. The molecule has 0 saturated carbocycles. The van der Waals surface area contributed by atoms with Crippen LogP contribution in [-0.4, -0.2) is 19.7 Å². The molecule has 24 heavy (non-hydrogen) atoms. The van der Waals surface area contributed by atoms with Gasteiger partial charge in [-0.1, -0.05) is 30.3 Å². The molecule has 2 aromatic carbocycles. The first kappa shape index (κ1) is 17.9. The SMILES string of the molecule is CO[C@@](C)(CNC(=O)NCc1ccc(F)cc1)c1ccccc1F. The number of hydrogen-bond donors (Lipinski definition) is 2. The molecule has 0 aliphatic carbocycles. The average Bonchev–Trinajstić information content (AvgIpc) is 2.59. The summed E-state index contributed by atoms with van der Waals surface area (Å²) in [6.45, 7) is 2.06. The van der Waals surface area contributed by atoms with Crippen LogP contribution in [-0.2, 0) is 16.9 Å². The molecule has 2 N–H and O–H groups in total. The van der Waals surface area contributed by atoms with E-state index >= 15 is 0 Å². The van der Waals surface area contributed by atoms with Crippen molar-refractivity contribution in [3.05, 3.63) is 71.3 Å². The Bertz CT molecular complexity index is 692. The van der Waals surface area contributed by atoms with Gasteiger partial charge in [0.2, 0.25) is 0 Å². The maximum atomic E-state index is 14.0. The largest absolute Gasteiger partial charge is 0.372 e. The molecule has 0 saturated heterocycles. The molecule has 0 heterocycles. The zero-order chi connectivity index (χ0) is 17.6. The molecule has 0 aliphatic rings. The Morgan fingerprint density at radius 1 is 1.08 bits per heavy atom. The van der Waals surface area contributed by atoms with E-state index in [1.54, 1.807) is 37.3 Å². The molecule has 0 bridgehead atoms. The minimum absolute atomic E-state index is 0.0969. The molecule has 0 fully saturated rings. The van der Waals surface area contributed by atoms with Gasteiger partial charge < -0.3 is 15.4 Å². The third-order valence-corrected chi connectivity index (χ3v) is 3.85. The lowest BCUT2D eigenvalue weighted by atomic mass is 9.95. The smallest absolute Gasteiger partial charge is 0.315 e. The molecule has 1 atom stereocenters. The van der Waals surface area contributed by atoms with E-state index in [0.29, 0.717) is 5.56 Å². The molecular formula is C18H20F2N2O2. The normalized spacial score (nSPS) is 13.2. The van der Waals surface area contributed by atoms with Gasteiger partial charge in [-0.2, -0.15) is 0 Å². The van der Waals surface area contributed by atoms with Gasteiger partial charge in [0.15, 0.2) is 0 Å². The first-order chi connectivity index (χ1) is 11.4. The van der Waals surface area contributed by atoms with Gasteiger partial charge >= 0.3 is 6.03 Å². The van der Waals surface area contributed by atoms with E-state index in [9.17, 15) is 13.6 Å². The predicted octanol–water partition coefficient (Wildman–Crippen LogP) is 3.33. The number of amides is 2. The standard InChI is InChI=1S/C18H20F2N2O2/c1-18(24-2,15-5-3-4-6-16(15)20)12-22-17(23)21-11-13-7-9-14(19)10-8-13/h3-10H,11-12H2,1-2H3,(H2,21,22,23)/t18-/m0/s1. The molecular weight excluding hydrogens is 314 g/mol. The first-order valence-corrected chi connectivity index (χ1v) is 7.51. The lowest BCUT2D eigenvalue weighted by Gasteiger charge is -2.29. The molecule has 0 spiro atoms. The summed E-state index contributed by atoms with van der Waals surface area (Å²) in [5.74, 6) is -0.723. The maximum Gasteiger partial charge on any atom is 0.315 e. The molecule has 0 radical (unpaired) electrons. The molecule has 4 nitrogen and oxygen atoms in total. The third kappa shape index (κ3) is 4.52. The number of benzene rings is 2. The number of halogens is 2. The number of carbonyl (C=O) groups is 1. The number of hydrogen-bond acceptors (Lipinski definition) is 2. The summed E-state index contributed by atoms with van der Waals surface area (Å²) in [4.78, 5) is 11.9. The minimum Gasteiger partial charge on any atom is -0.372 e. The zero-order valence-electron chi connectivity index (χ0n) is 13.6. The quantitative estimate of drug-likeness (QED) is 0.851. The molecule has 2 aromatic rings. The second-order valence-electron chi connectivity index (χ2n) is 5.58. The molecule has 2 amide bonds. The average molecular weight is 334 g/mol. The van der Waals surface area contributed by atoms with Gasteiger partial charge in [-0.25, -0.2) is 13.6 Å². The third-order valence-electron chi connectivity index (χ3n) is 3.85. The van der Waals surface area contributed by atoms with Crippen LogP contribution in [0.15, 0.2) is 48.5 Å². The highest BCUT2D eigenvalue weighted by Crippen LogP contribution is 2.26. The van der Waals surface area contributed by atoms with E-state index in [0.717, 1.165) is 5.56 Å². The highest BCUT2D eigenvalue weighted by atomic mass is 19.1. The van der Waals surface area contributed by atoms with Crippen molar-refractivity contribution in [1.29, 1.82) is 0 Å². The van der Waals surface area contributed by atoms with Crippen molar-refractivity contribution in [1.82, 2.24) is 10.6 Å². The van der Waals surface area contributed by atoms with Crippen LogP contribution in [0.4, 0.5) is 13.6 Å². The molecule has 2 rings (SSSR count). The van der Waals surface area contributed by atoms with Crippen LogP contribution in [0.5, 0.6) is 0 Å². The van der Waals surface area contributed by atoms with Crippen LogP contribution in [0.25, 0.3) is 0 Å². The number of urea groups is 1. The van der Waals surface area contributed by atoms with Crippen LogP contribution < -0.4 is 10.6 Å². The Labute approximate surface area is 139 Å². The van der Waals surface area contributed by atoms with Gasteiger partial charge in [-0.3, -0.25) is 0 Å². The van der Waals surface area contributed by atoms with Crippen molar-refractivity contribution < 1.29 is 18.3 Å². The maximum absolute atomic E-state index is 14.0. The van der Waals surface area contributed by atoms with Crippen molar-refractivity contribution >= 4 is 6.03 Å². The Morgan fingerprint density at radius 2 is 1.75 bits per heavy atom. The summed E-state index contributed by atoms with van der Waals surface area (Å²) >= 11 is 0. The zero-order valence-corrected chi connectivity index (χ0v) is 13.6. The van der Waals surface area contributed by atoms with Gasteiger partial charge in [0, 0.05) is 19.2 Å².